The number of aryl methyl sites for hydroxylation is 1. The van der Waals surface area contributed by atoms with E-state index in [0.29, 0.717) is 0 Å². The Bertz CT molecular complexity index is 550. The average molecular weight is 270 g/mol. The minimum absolute atomic E-state index is 0.922. The lowest BCUT2D eigenvalue weighted by atomic mass is 9.89. The maximum absolute atomic E-state index is 3.66. The third kappa shape index (κ3) is 3.06. The number of hydrogen-bond acceptors (Lipinski definition) is 1. The highest BCUT2D eigenvalue weighted by atomic mass is 15.0. The molecule has 0 unspecified atom stereocenters. The quantitative estimate of drug-likeness (QED) is 0.809. The van der Waals surface area contributed by atoms with Gasteiger partial charge in [0, 0.05) is 24.3 Å². The van der Waals surface area contributed by atoms with E-state index in [1.54, 1.807) is 0 Å². The van der Waals surface area contributed by atoms with Crippen LogP contribution < -0.4 is 5.32 Å². The van der Waals surface area contributed by atoms with E-state index in [1.807, 2.05) is 0 Å². The van der Waals surface area contributed by atoms with Gasteiger partial charge < -0.3 is 9.88 Å². The predicted molar refractivity (Wildman–Crippen MR) is 86.1 cm³/mol. The van der Waals surface area contributed by atoms with Gasteiger partial charge in [-0.1, -0.05) is 37.5 Å². The van der Waals surface area contributed by atoms with Crippen molar-refractivity contribution >= 4 is 10.9 Å². The molecule has 1 fully saturated rings. The molecule has 20 heavy (non-hydrogen) atoms. The largest absolute Gasteiger partial charge is 0.344 e. The number of aromatic nitrogens is 1. The van der Waals surface area contributed by atoms with Crippen LogP contribution >= 0.6 is 0 Å². The summed E-state index contributed by atoms with van der Waals surface area (Å²) in [7, 11) is 0. The SMILES string of the molecule is Cc1cc2ccccc2n1CCNCC1CCCCC1. The predicted octanol–water partition coefficient (Wildman–Crippen LogP) is 4.12. The molecule has 1 aromatic carbocycles. The van der Waals surface area contributed by atoms with Gasteiger partial charge >= 0.3 is 0 Å². The molecule has 0 bridgehead atoms. The standard InChI is InChI=1S/C18H26N2/c1-15-13-17-9-5-6-10-18(17)20(15)12-11-19-14-16-7-3-2-4-8-16/h5-6,9-10,13,16,19H,2-4,7-8,11-12,14H2,1H3. The summed E-state index contributed by atoms with van der Waals surface area (Å²) in [5.74, 6) is 0.922. The van der Waals surface area contributed by atoms with Crippen LogP contribution in [0.2, 0.25) is 0 Å². The molecule has 2 nitrogen and oxygen atoms in total. The maximum atomic E-state index is 3.66. The van der Waals surface area contributed by atoms with Crippen molar-refractivity contribution in [3.63, 3.8) is 0 Å². The zero-order valence-corrected chi connectivity index (χ0v) is 12.6. The van der Waals surface area contributed by atoms with E-state index in [4.69, 9.17) is 0 Å². The van der Waals surface area contributed by atoms with E-state index >= 15 is 0 Å². The Hall–Kier alpha value is -1.28. The highest BCUT2D eigenvalue weighted by Crippen LogP contribution is 2.23. The Kier molecular flexibility index (Phi) is 4.41. The van der Waals surface area contributed by atoms with Gasteiger partial charge in [-0.2, -0.15) is 0 Å². The molecule has 2 heteroatoms. The monoisotopic (exact) mass is 270 g/mol. The summed E-state index contributed by atoms with van der Waals surface area (Å²) in [5, 5.41) is 5.02. The summed E-state index contributed by atoms with van der Waals surface area (Å²) in [6.07, 6.45) is 7.18. The first-order valence-corrected chi connectivity index (χ1v) is 8.10. The van der Waals surface area contributed by atoms with Crippen molar-refractivity contribution in [3.8, 4) is 0 Å². The maximum Gasteiger partial charge on any atom is 0.0482 e. The van der Waals surface area contributed by atoms with Crippen LogP contribution in [0.3, 0.4) is 0 Å². The first kappa shape index (κ1) is 13.7. The summed E-state index contributed by atoms with van der Waals surface area (Å²) in [6.45, 7) is 5.57. The molecule has 3 rings (SSSR count). The van der Waals surface area contributed by atoms with Gasteiger partial charge in [-0.3, -0.25) is 0 Å². The van der Waals surface area contributed by atoms with Crippen molar-refractivity contribution in [2.75, 3.05) is 13.1 Å². The molecular weight excluding hydrogens is 244 g/mol. The van der Waals surface area contributed by atoms with E-state index in [-0.39, 0.29) is 0 Å². The third-order valence-corrected chi connectivity index (χ3v) is 4.69. The molecule has 0 amide bonds. The Morgan fingerprint density at radius 2 is 1.95 bits per heavy atom. The summed E-state index contributed by atoms with van der Waals surface area (Å²) in [4.78, 5) is 0. The van der Waals surface area contributed by atoms with Crippen molar-refractivity contribution in [1.82, 2.24) is 9.88 Å². The molecule has 1 N–H and O–H groups in total. The summed E-state index contributed by atoms with van der Waals surface area (Å²) < 4.78 is 2.43. The molecule has 1 aromatic heterocycles. The zero-order valence-electron chi connectivity index (χ0n) is 12.6. The molecule has 1 saturated carbocycles. The Balaban J connectivity index is 1.53. The van der Waals surface area contributed by atoms with Crippen molar-refractivity contribution in [2.24, 2.45) is 5.92 Å². The third-order valence-electron chi connectivity index (χ3n) is 4.69. The number of fused-ring (bicyclic) bond motifs is 1. The molecule has 0 aliphatic heterocycles. The minimum atomic E-state index is 0.922. The minimum Gasteiger partial charge on any atom is -0.344 e. The van der Waals surface area contributed by atoms with Crippen LogP contribution in [0.15, 0.2) is 30.3 Å². The Labute approximate surface area is 122 Å². The van der Waals surface area contributed by atoms with Gasteiger partial charge in [-0.15, -0.1) is 0 Å². The molecule has 2 aromatic rings. The second-order valence-electron chi connectivity index (χ2n) is 6.20. The molecule has 1 aliphatic rings. The van der Waals surface area contributed by atoms with E-state index in [2.05, 4.69) is 47.1 Å². The summed E-state index contributed by atoms with van der Waals surface area (Å²) in [6, 6.07) is 11.0. The Morgan fingerprint density at radius 3 is 2.80 bits per heavy atom. The number of para-hydroxylation sites is 1. The Morgan fingerprint density at radius 1 is 1.15 bits per heavy atom. The van der Waals surface area contributed by atoms with E-state index in [9.17, 15) is 0 Å². The number of benzene rings is 1. The molecule has 0 spiro atoms. The molecule has 1 heterocycles. The van der Waals surface area contributed by atoms with Crippen molar-refractivity contribution in [1.29, 1.82) is 0 Å². The highest BCUT2D eigenvalue weighted by molar-refractivity contribution is 5.81. The van der Waals surface area contributed by atoms with Crippen LogP contribution in [-0.4, -0.2) is 17.7 Å². The van der Waals surface area contributed by atoms with Crippen LogP contribution in [0.5, 0.6) is 0 Å². The van der Waals surface area contributed by atoms with E-state index < -0.39 is 0 Å². The van der Waals surface area contributed by atoms with Gasteiger partial charge in [-0.05, 0) is 49.7 Å². The van der Waals surface area contributed by atoms with E-state index in [1.165, 1.54) is 55.2 Å². The van der Waals surface area contributed by atoms with Gasteiger partial charge in [-0.25, -0.2) is 0 Å². The lowest BCUT2D eigenvalue weighted by molar-refractivity contribution is 0.341. The topological polar surface area (TPSA) is 17.0 Å². The first-order valence-electron chi connectivity index (χ1n) is 8.10. The van der Waals surface area contributed by atoms with Crippen LogP contribution in [0.4, 0.5) is 0 Å². The normalized spacial score (nSPS) is 16.9. The van der Waals surface area contributed by atoms with Crippen LogP contribution in [0.25, 0.3) is 10.9 Å². The summed E-state index contributed by atoms with van der Waals surface area (Å²) >= 11 is 0. The van der Waals surface area contributed by atoms with E-state index in [0.717, 1.165) is 19.0 Å². The second kappa shape index (κ2) is 6.45. The smallest absolute Gasteiger partial charge is 0.0482 e. The molecule has 0 saturated heterocycles. The molecule has 0 atom stereocenters. The van der Waals surface area contributed by atoms with Gasteiger partial charge in [0.05, 0.1) is 0 Å². The molecular formula is C18H26N2. The number of hydrogen-bond donors (Lipinski definition) is 1. The van der Waals surface area contributed by atoms with Gasteiger partial charge in [0.2, 0.25) is 0 Å². The first-order chi connectivity index (χ1) is 9.84. The average Bonchev–Trinajstić information content (AvgIpc) is 2.80. The van der Waals surface area contributed by atoms with Crippen LogP contribution in [0, 0.1) is 12.8 Å². The second-order valence-corrected chi connectivity index (χ2v) is 6.20. The zero-order chi connectivity index (χ0) is 13.8. The van der Waals surface area contributed by atoms with Crippen LogP contribution in [0.1, 0.15) is 37.8 Å². The van der Waals surface area contributed by atoms with Crippen molar-refractivity contribution < 1.29 is 0 Å². The van der Waals surface area contributed by atoms with Gasteiger partial charge in [0.25, 0.3) is 0 Å². The fourth-order valence-corrected chi connectivity index (χ4v) is 3.53. The summed E-state index contributed by atoms with van der Waals surface area (Å²) in [5.41, 5.74) is 2.73. The fraction of sp³-hybridized carbons (Fsp3) is 0.556. The van der Waals surface area contributed by atoms with Gasteiger partial charge in [0.15, 0.2) is 0 Å². The molecule has 108 valence electrons. The lowest BCUT2D eigenvalue weighted by Crippen LogP contribution is -2.27. The highest BCUT2D eigenvalue weighted by Gasteiger charge is 2.12. The lowest BCUT2D eigenvalue weighted by Gasteiger charge is -2.22. The van der Waals surface area contributed by atoms with Crippen LogP contribution in [-0.2, 0) is 6.54 Å². The fourth-order valence-electron chi connectivity index (χ4n) is 3.53. The van der Waals surface area contributed by atoms with Crippen molar-refractivity contribution in [3.05, 3.63) is 36.0 Å². The number of nitrogens with one attached hydrogen (secondary N) is 1. The number of nitrogens with zero attached hydrogens (tertiary/aromatic N) is 1. The number of rotatable bonds is 5. The molecule has 0 radical (unpaired) electrons. The van der Waals surface area contributed by atoms with Gasteiger partial charge in [0.1, 0.15) is 0 Å². The van der Waals surface area contributed by atoms with Crippen molar-refractivity contribution in [2.45, 2.75) is 45.6 Å². The molecule has 1 aliphatic carbocycles.